The molecular formula is C11H18N4O2. The van der Waals surface area contributed by atoms with Crippen molar-refractivity contribution in [3.05, 3.63) is 27.9 Å². The number of hydrogen-bond acceptors (Lipinski definition) is 5. The van der Waals surface area contributed by atoms with Gasteiger partial charge in [0.2, 0.25) is 0 Å². The zero-order valence-electron chi connectivity index (χ0n) is 10.3. The van der Waals surface area contributed by atoms with Gasteiger partial charge in [0, 0.05) is 24.3 Å². The molecule has 0 saturated heterocycles. The average molecular weight is 238 g/mol. The Hall–Kier alpha value is -1.69. The van der Waals surface area contributed by atoms with Gasteiger partial charge in [-0.2, -0.15) is 0 Å². The molecule has 0 aliphatic carbocycles. The monoisotopic (exact) mass is 238 g/mol. The number of rotatable bonds is 5. The molecule has 0 aromatic carbocycles. The molecule has 0 saturated carbocycles. The van der Waals surface area contributed by atoms with Crippen LogP contribution < -0.4 is 11.1 Å². The van der Waals surface area contributed by atoms with Crippen LogP contribution in [0.5, 0.6) is 0 Å². The van der Waals surface area contributed by atoms with Gasteiger partial charge in [0.1, 0.15) is 5.82 Å². The van der Waals surface area contributed by atoms with Crippen molar-refractivity contribution in [3.63, 3.8) is 0 Å². The van der Waals surface area contributed by atoms with E-state index in [1.165, 1.54) is 12.3 Å². The summed E-state index contributed by atoms with van der Waals surface area (Å²) in [6, 6.07) is 1.50. The summed E-state index contributed by atoms with van der Waals surface area (Å²) in [4.78, 5) is 14.5. The SMILES string of the molecule is Cc1cnc(NC(CN)C(C)C)cc1[N+](=O)[O-]. The second kappa shape index (κ2) is 5.58. The molecule has 1 aromatic rings. The number of nitrogens with zero attached hydrogens (tertiary/aromatic N) is 2. The van der Waals surface area contributed by atoms with Crippen LogP contribution in [-0.2, 0) is 0 Å². The first-order chi connectivity index (χ1) is 7.95. The second-order valence-corrected chi connectivity index (χ2v) is 4.34. The fourth-order valence-corrected chi connectivity index (χ4v) is 1.48. The number of pyridine rings is 1. The maximum absolute atomic E-state index is 10.8. The highest BCUT2D eigenvalue weighted by Gasteiger charge is 2.15. The summed E-state index contributed by atoms with van der Waals surface area (Å²) in [7, 11) is 0. The number of nitro groups is 1. The third kappa shape index (κ3) is 3.39. The van der Waals surface area contributed by atoms with Gasteiger partial charge >= 0.3 is 0 Å². The minimum Gasteiger partial charge on any atom is -0.366 e. The summed E-state index contributed by atoms with van der Waals surface area (Å²) >= 11 is 0. The van der Waals surface area contributed by atoms with E-state index in [1.54, 1.807) is 6.92 Å². The smallest absolute Gasteiger partial charge is 0.277 e. The quantitative estimate of drug-likeness (QED) is 0.601. The lowest BCUT2D eigenvalue weighted by Crippen LogP contribution is -2.34. The molecule has 1 rings (SSSR count). The van der Waals surface area contributed by atoms with E-state index in [2.05, 4.69) is 10.3 Å². The Bertz CT molecular complexity index is 406. The lowest BCUT2D eigenvalue weighted by molar-refractivity contribution is -0.385. The highest BCUT2D eigenvalue weighted by atomic mass is 16.6. The third-order valence-electron chi connectivity index (χ3n) is 2.66. The Labute approximate surface area is 100 Å². The van der Waals surface area contributed by atoms with Crippen molar-refractivity contribution in [2.75, 3.05) is 11.9 Å². The molecular weight excluding hydrogens is 220 g/mol. The van der Waals surface area contributed by atoms with Gasteiger partial charge in [-0.1, -0.05) is 13.8 Å². The van der Waals surface area contributed by atoms with Crippen molar-refractivity contribution < 1.29 is 4.92 Å². The maximum atomic E-state index is 10.8. The summed E-state index contributed by atoms with van der Waals surface area (Å²) in [6.07, 6.45) is 1.49. The molecule has 17 heavy (non-hydrogen) atoms. The van der Waals surface area contributed by atoms with Gasteiger partial charge < -0.3 is 11.1 Å². The number of anilines is 1. The highest BCUT2D eigenvalue weighted by molar-refractivity contribution is 5.49. The van der Waals surface area contributed by atoms with Crippen LogP contribution in [0.15, 0.2) is 12.3 Å². The first-order valence-corrected chi connectivity index (χ1v) is 5.53. The predicted molar refractivity (Wildman–Crippen MR) is 66.9 cm³/mol. The van der Waals surface area contributed by atoms with E-state index in [1.807, 2.05) is 13.8 Å². The first-order valence-electron chi connectivity index (χ1n) is 5.53. The Morgan fingerprint density at radius 3 is 2.71 bits per heavy atom. The highest BCUT2D eigenvalue weighted by Crippen LogP contribution is 2.20. The van der Waals surface area contributed by atoms with E-state index < -0.39 is 4.92 Å². The molecule has 1 heterocycles. The summed E-state index contributed by atoms with van der Waals surface area (Å²) in [5.74, 6) is 0.827. The van der Waals surface area contributed by atoms with Crippen LogP contribution in [0.25, 0.3) is 0 Å². The summed E-state index contributed by atoms with van der Waals surface area (Å²) in [6.45, 7) is 6.19. The number of hydrogen-bond donors (Lipinski definition) is 2. The van der Waals surface area contributed by atoms with Gasteiger partial charge in [0.15, 0.2) is 0 Å². The molecule has 1 atom stereocenters. The minimum atomic E-state index is -0.408. The van der Waals surface area contributed by atoms with Crippen LogP contribution in [0.4, 0.5) is 11.5 Å². The van der Waals surface area contributed by atoms with E-state index in [0.717, 1.165) is 0 Å². The third-order valence-corrected chi connectivity index (χ3v) is 2.66. The van der Waals surface area contributed by atoms with Crippen molar-refractivity contribution in [1.29, 1.82) is 0 Å². The van der Waals surface area contributed by atoms with E-state index in [-0.39, 0.29) is 11.7 Å². The van der Waals surface area contributed by atoms with E-state index >= 15 is 0 Å². The summed E-state index contributed by atoms with van der Waals surface area (Å²) < 4.78 is 0. The molecule has 6 heteroatoms. The molecule has 0 radical (unpaired) electrons. The lowest BCUT2D eigenvalue weighted by atomic mass is 10.0. The molecule has 0 aliphatic heterocycles. The van der Waals surface area contributed by atoms with Crippen molar-refractivity contribution in [1.82, 2.24) is 4.98 Å². The van der Waals surface area contributed by atoms with Crippen molar-refractivity contribution in [2.24, 2.45) is 11.7 Å². The predicted octanol–water partition coefficient (Wildman–Crippen LogP) is 1.69. The Balaban J connectivity index is 2.92. The molecule has 3 N–H and O–H groups in total. The molecule has 1 unspecified atom stereocenters. The topological polar surface area (TPSA) is 94.1 Å². The zero-order chi connectivity index (χ0) is 13.0. The van der Waals surface area contributed by atoms with E-state index in [9.17, 15) is 10.1 Å². The number of aromatic nitrogens is 1. The molecule has 0 amide bonds. The standard InChI is InChI=1S/C11H18N4O2/c1-7(2)9(5-12)14-11-4-10(15(16)17)8(3)6-13-11/h4,6-7,9H,5,12H2,1-3H3,(H,13,14). The second-order valence-electron chi connectivity index (χ2n) is 4.34. The number of aryl methyl sites for hydroxylation is 1. The minimum absolute atomic E-state index is 0.0600. The normalized spacial score (nSPS) is 12.5. The van der Waals surface area contributed by atoms with Gasteiger partial charge in [0.25, 0.3) is 5.69 Å². The van der Waals surface area contributed by atoms with Gasteiger partial charge in [-0.3, -0.25) is 10.1 Å². The molecule has 0 spiro atoms. The number of nitrogens with two attached hydrogens (primary N) is 1. The van der Waals surface area contributed by atoms with Crippen LogP contribution >= 0.6 is 0 Å². The maximum Gasteiger partial charge on any atom is 0.277 e. The van der Waals surface area contributed by atoms with E-state index in [4.69, 9.17) is 5.73 Å². The summed E-state index contributed by atoms with van der Waals surface area (Å²) in [5.41, 5.74) is 6.25. The van der Waals surface area contributed by atoms with Crippen LogP contribution in [0.2, 0.25) is 0 Å². The Kier molecular flexibility index (Phi) is 4.39. The lowest BCUT2D eigenvalue weighted by Gasteiger charge is -2.20. The fourth-order valence-electron chi connectivity index (χ4n) is 1.48. The van der Waals surface area contributed by atoms with Crippen molar-refractivity contribution in [2.45, 2.75) is 26.8 Å². The molecule has 6 nitrogen and oxygen atoms in total. The first kappa shape index (κ1) is 13.4. The largest absolute Gasteiger partial charge is 0.366 e. The van der Waals surface area contributed by atoms with Crippen molar-refractivity contribution >= 4 is 11.5 Å². The number of nitrogens with one attached hydrogen (secondary N) is 1. The molecule has 0 bridgehead atoms. The van der Waals surface area contributed by atoms with Crippen LogP contribution in [-0.4, -0.2) is 22.5 Å². The van der Waals surface area contributed by atoms with Gasteiger partial charge in [-0.25, -0.2) is 4.98 Å². The summed E-state index contributed by atoms with van der Waals surface area (Å²) in [5, 5.41) is 13.9. The van der Waals surface area contributed by atoms with E-state index in [0.29, 0.717) is 23.8 Å². The average Bonchev–Trinajstić information content (AvgIpc) is 2.27. The fraction of sp³-hybridized carbons (Fsp3) is 0.545. The van der Waals surface area contributed by atoms with Gasteiger partial charge in [-0.05, 0) is 12.8 Å². The van der Waals surface area contributed by atoms with Gasteiger partial charge in [-0.15, -0.1) is 0 Å². The molecule has 1 aromatic heterocycles. The van der Waals surface area contributed by atoms with Gasteiger partial charge in [0.05, 0.1) is 11.0 Å². The van der Waals surface area contributed by atoms with Crippen LogP contribution in [0, 0.1) is 23.0 Å². The Morgan fingerprint density at radius 1 is 1.59 bits per heavy atom. The Morgan fingerprint density at radius 2 is 2.24 bits per heavy atom. The van der Waals surface area contributed by atoms with Crippen LogP contribution in [0.1, 0.15) is 19.4 Å². The molecule has 94 valence electrons. The molecule has 0 fully saturated rings. The van der Waals surface area contributed by atoms with Crippen LogP contribution in [0.3, 0.4) is 0 Å². The zero-order valence-corrected chi connectivity index (χ0v) is 10.3. The van der Waals surface area contributed by atoms with Crippen molar-refractivity contribution in [3.8, 4) is 0 Å². The molecule has 0 aliphatic rings.